The van der Waals surface area contributed by atoms with Crippen molar-refractivity contribution in [2.45, 2.75) is 6.04 Å². The van der Waals surface area contributed by atoms with Crippen molar-refractivity contribution in [2.75, 3.05) is 33.3 Å². The van der Waals surface area contributed by atoms with E-state index < -0.39 is 5.82 Å². The van der Waals surface area contributed by atoms with Crippen LogP contribution in [0.2, 0.25) is 0 Å². The fourth-order valence-corrected chi connectivity index (χ4v) is 3.96. The molecule has 4 rings (SSSR count). The molecule has 1 fully saturated rings. The maximum absolute atomic E-state index is 13.4. The number of ether oxygens (including phenoxy) is 1. The Hall–Kier alpha value is -3.25. The molecule has 1 saturated heterocycles. The maximum Gasteiger partial charge on any atom is 0.255 e. The topological polar surface area (TPSA) is 45.7 Å². The lowest BCUT2D eigenvalue weighted by Gasteiger charge is -2.39. The van der Waals surface area contributed by atoms with Gasteiger partial charge in [-0.25, -0.2) is 4.39 Å². The van der Waals surface area contributed by atoms with Crippen LogP contribution in [0.4, 0.5) is 4.39 Å². The summed E-state index contributed by atoms with van der Waals surface area (Å²) in [5, 5.41) is 0. The molecule has 2 aromatic carbocycles. The predicted molar refractivity (Wildman–Crippen MR) is 113 cm³/mol. The SMILES string of the molecule is COc1cccc(C(c2ccccc2)N2CCN(C(=O)c3cncc(F)c3)CC2)c1. The number of hydrogen-bond donors (Lipinski definition) is 0. The normalized spacial score (nSPS) is 15.6. The zero-order valence-electron chi connectivity index (χ0n) is 16.9. The zero-order chi connectivity index (χ0) is 20.9. The average molecular weight is 405 g/mol. The third kappa shape index (κ3) is 4.33. The molecule has 5 nitrogen and oxygen atoms in total. The van der Waals surface area contributed by atoms with Gasteiger partial charge in [-0.2, -0.15) is 0 Å². The van der Waals surface area contributed by atoms with Gasteiger partial charge in [-0.05, 0) is 29.3 Å². The molecule has 1 aliphatic heterocycles. The van der Waals surface area contributed by atoms with Gasteiger partial charge in [-0.3, -0.25) is 14.7 Å². The van der Waals surface area contributed by atoms with Gasteiger partial charge in [0.15, 0.2) is 0 Å². The first-order valence-electron chi connectivity index (χ1n) is 9.98. The van der Waals surface area contributed by atoms with Gasteiger partial charge in [-0.1, -0.05) is 42.5 Å². The molecule has 2 heterocycles. The number of pyridine rings is 1. The van der Waals surface area contributed by atoms with E-state index in [1.807, 2.05) is 30.3 Å². The number of methoxy groups -OCH3 is 1. The van der Waals surface area contributed by atoms with Crippen LogP contribution in [0, 0.1) is 5.82 Å². The summed E-state index contributed by atoms with van der Waals surface area (Å²) in [5.41, 5.74) is 2.63. The number of rotatable bonds is 5. The van der Waals surface area contributed by atoms with E-state index in [1.54, 1.807) is 12.0 Å². The Morgan fingerprint density at radius 3 is 2.40 bits per heavy atom. The molecule has 1 amide bonds. The van der Waals surface area contributed by atoms with E-state index in [0.717, 1.165) is 17.5 Å². The number of piperazine rings is 1. The number of nitrogens with zero attached hydrogens (tertiary/aromatic N) is 3. The molecule has 0 bridgehead atoms. The van der Waals surface area contributed by atoms with E-state index in [9.17, 15) is 9.18 Å². The Morgan fingerprint density at radius 1 is 0.967 bits per heavy atom. The summed E-state index contributed by atoms with van der Waals surface area (Å²) in [6, 6.07) is 19.8. The van der Waals surface area contributed by atoms with Crippen molar-refractivity contribution in [3.05, 3.63) is 95.6 Å². The Bertz CT molecular complexity index is 1000. The summed E-state index contributed by atoms with van der Waals surface area (Å²) < 4.78 is 18.9. The Kier molecular flexibility index (Phi) is 6.05. The number of aromatic nitrogens is 1. The molecule has 6 heteroatoms. The second-order valence-corrected chi connectivity index (χ2v) is 7.31. The summed E-state index contributed by atoms with van der Waals surface area (Å²) in [6.45, 7) is 2.57. The molecule has 1 atom stereocenters. The van der Waals surface area contributed by atoms with Crippen LogP contribution < -0.4 is 4.74 Å². The van der Waals surface area contributed by atoms with E-state index in [2.05, 4.69) is 34.1 Å². The molecule has 154 valence electrons. The summed E-state index contributed by atoms with van der Waals surface area (Å²) >= 11 is 0. The molecule has 0 radical (unpaired) electrons. The van der Waals surface area contributed by atoms with Crippen molar-refractivity contribution in [1.82, 2.24) is 14.8 Å². The van der Waals surface area contributed by atoms with Crippen LogP contribution in [0.25, 0.3) is 0 Å². The minimum Gasteiger partial charge on any atom is -0.497 e. The lowest BCUT2D eigenvalue weighted by Crippen LogP contribution is -2.49. The van der Waals surface area contributed by atoms with Crippen LogP contribution in [-0.4, -0.2) is 54.0 Å². The number of amides is 1. The molecule has 1 aromatic heterocycles. The van der Waals surface area contributed by atoms with Gasteiger partial charge < -0.3 is 9.64 Å². The highest BCUT2D eigenvalue weighted by Crippen LogP contribution is 2.31. The second-order valence-electron chi connectivity index (χ2n) is 7.31. The summed E-state index contributed by atoms with van der Waals surface area (Å²) in [6.07, 6.45) is 2.52. The van der Waals surface area contributed by atoms with Gasteiger partial charge in [0.25, 0.3) is 5.91 Å². The van der Waals surface area contributed by atoms with Gasteiger partial charge in [0.2, 0.25) is 0 Å². The second kappa shape index (κ2) is 9.05. The van der Waals surface area contributed by atoms with Crippen LogP contribution in [0.5, 0.6) is 5.75 Å². The Morgan fingerprint density at radius 2 is 1.70 bits per heavy atom. The van der Waals surface area contributed by atoms with Crippen molar-refractivity contribution in [3.8, 4) is 5.75 Å². The van der Waals surface area contributed by atoms with Crippen LogP contribution >= 0.6 is 0 Å². The highest BCUT2D eigenvalue weighted by Gasteiger charge is 2.29. The van der Waals surface area contributed by atoms with Crippen LogP contribution in [-0.2, 0) is 0 Å². The number of carbonyl (C=O) groups is 1. The first-order valence-corrected chi connectivity index (χ1v) is 9.98. The lowest BCUT2D eigenvalue weighted by atomic mass is 9.96. The third-order valence-electron chi connectivity index (χ3n) is 5.44. The largest absolute Gasteiger partial charge is 0.497 e. The van der Waals surface area contributed by atoms with Crippen molar-refractivity contribution >= 4 is 5.91 Å². The molecular formula is C24H24FN3O2. The van der Waals surface area contributed by atoms with Crippen LogP contribution in [0.1, 0.15) is 27.5 Å². The summed E-state index contributed by atoms with van der Waals surface area (Å²) in [5.74, 6) is 0.141. The van der Waals surface area contributed by atoms with E-state index in [4.69, 9.17) is 4.74 Å². The van der Waals surface area contributed by atoms with E-state index >= 15 is 0 Å². The summed E-state index contributed by atoms with van der Waals surface area (Å²) in [7, 11) is 1.67. The smallest absolute Gasteiger partial charge is 0.255 e. The average Bonchev–Trinajstić information content (AvgIpc) is 2.80. The van der Waals surface area contributed by atoms with Crippen molar-refractivity contribution in [1.29, 1.82) is 0 Å². The fourth-order valence-electron chi connectivity index (χ4n) is 3.96. The molecule has 0 spiro atoms. The molecule has 3 aromatic rings. The number of benzene rings is 2. The maximum atomic E-state index is 13.4. The Balaban J connectivity index is 1.54. The van der Waals surface area contributed by atoms with E-state index in [-0.39, 0.29) is 17.5 Å². The van der Waals surface area contributed by atoms with Crippen LogP contribution in [0.3, 0.4) is 0 Å². The number of hydrogen-bond acceptors (Lipinski definition) is 4. The number of carbonyl (C=O) groups excluding carboxylic acids is 1. The predicted octanol–water partition coefficient (Wildman–Crippen LogP) is 3.78. The minimum atomic E-state index is -0.498. The zero-order valence-corrected chi connectivity index (χ0v) is 16.9. The van der Waals surface area contributed by atoms with Gasteiger partial charge in [0, 0.05) is 32.4 Å². The molecular weight excluding hydrogens is 381 g/mol. The summed E-state index contributed by atoms with van der Waals surface area (Å²) in [4.78, 5) is 20.7. The van der Waals surface area contributed by atoms with Gasteiger partial charge in [0.1, 0.15) is 11.6 Å². The van der Waals surface area contributed by atoms with Gasteiger partial charge in [0.05, 0.1) is 24.9 Å². The fraction of sp³-hybridized carbons (Fsp3) is 0.250. The molecule has 0 N–H and O–H groups in total. The minimum absolute atomic E-state index is 0.0642. The van der Waals surface area contributed by atoms with Crippen molar-refractivity contribution in [3.63, 3.8) is 0 Å². The van der Waals surface area contributed by atoms with Crippen molar-refractivity contribution < 1.29 is 13.9 Å². The molecule has 0 saturated carbocycles. The molecule has 1 unspecified atom stereocenters. The highest BCUT2D eigenvalue weighted by atomic mass is 19.1. The Labute approximate surface area is 175 Å². The highest BCUT2D eigenvalue weighted by molar-refractivity contribution is 5.94. The third-order valence-corrected chi connectivity index (χ3v) is 5.44. The van der Waals surface area contributed by atoms with E-state index in [0.29, 0.717) is 26.2 Å². The van der Waals surface area contributed by atoms with Crippen molar-refractivity contribution in [2.24, 2.45) is 0 Å². The van der Waals surface area contributed by atoms with Gasteiger partial charge in [-0.15, -0.1) is 0 Å². The lowest BCUT2D eigenvalue weighted by molar-refractivity contribution is 0.0596. The first kappa shape index (κ1) is 20.0. The first-order chi connectivity index (χ1) is 14.7. The van der Waals surface area contributed by atoms with Gasteiger partial charge >= 0.3 is 0 Å². The standard InChI is InChI=1S/C24H24FN3O2/c1-30-22-9-5-8-19(15-22)23(18-6-3-2-4-7-18)27-10-12-28(13-11-27)24(29)20-14-21(25)17-26-16-20/h2-9,14-17,23H,10-13H2,1H3. The number of halogens is 1. The quantitative estimate of drug-likeness (QED) is 0.648. The molecule has 30 heavy (non-hydrogen) atoms. The monoisotopic (exact) mass is 405 g/mol. The van der Waals surface area contributed by atoms with E-state index in [1.165, 1.54) is 17.8 Å². The molecule has 0 aliphatic carbocycles. The molecule has 1 aliphatic rings. The van der Waals surface area contributed by atoms with Crippen LogP contribution in [0.15, 0.2) is 73.1 Å².